The van der Waals surface area contributed by atoms with Crippen LogP contribution < -0.4 is 5.32 Å². The number of anilines is 1. The first-order valence-electron chi connectivity index (χ1n) is 5.36. The number of hydrogen-bond acceptors (Lipinski definition) is 3. The van der Waals surface area contributed by atoms with Gasteiger partial charge in [0.05, 0.1) is 0 Å². The Kier molecular flexibility index (Phi) is 1.92. The molecule has 1 saturated carbocycles. The number of amides is 1. The van der Waals surface area contributed by atoms with Crippen molar-refractivity contribution in [1.82, 2.24) is 14.6 Å². The summed E-state index contributed by atoms with van der Waals surface area (Å²) in [5.74, 6) is 0.600. The van der Waals surface area contributed by atoms with E-state index in [2.05, 4.69) is 15.4 Å². The maximum atomic E-state index is 11.5. The number of carbonyl (C=O) groups is 1. The van der Waals surface area contributed by atoms with Gasteiger partial charge in [-0.05, 0) is 31.4 Å². The molecule has 0 spiro atoms. The van der Waals surface area contributed by atoms with E-state index in [1.165, 1.54) is 0 Å². The van der Waals surface area contributed by atoms with Crippen LogP contribution in [0.3, 0.4) is 0 Å². The zero-order chi connectivity index (χ0) is 11.1. The molecule has 3 rings (SSSR count). The van der Waals surface area contributed by atoms with Crippen molar-refractivity contribution in [1.29, 1.82) is 0 Å². The molecule has 2 aromatic heterocycles. The van der Waals surface area contributed by atoms with Gasteiger partial charge in [0.1, 0.15) is 0 Å². The first kappa shape index (κ1) is 9.33. The second kappa shape index (κ2) is 3.30. The minimum Gasteiger partial charge on any atom is -0.293 e. The van der Waals surface area contributed by atoms with Crippen LogP contribution in [0.2, 0.25) is 0 Å². The zero-order valence-electron chi connectivity index (χ0n) is 8.97. The molecule has 1 amide bonds. The van der Waals surface area contributed by atoms with Crippen molar-refractivity contribution in [3.8, 4) is 0 Å². The number of nitrogens with zero attached hydrogens (tertiary/aromatic N) is 3. The molecular formula is C11H12N4O. The highest BCUT2D eigenvalue weighted by molar-refractivity contribution is 5.92. The average Bonchev–Trinajstić information content (AvgIpc) is 3.00. The molecule has 5 heteroatoms. The second-order valence-corrected chi connectivity index (χ2v) is 4.21. The lowest BCUT2D eigenvalue weighted by atomic mass is 10.3. The molecule has 0 unspecified atom stereocenters. The van der Waals surface area contributed by atoms with Crippen LogP contribution in [0.5, 0.6) is 0 Å². The highest BCUT2D eigenvalue weighted by Gasteiger charge is 2.30. The summed E-state index contributed by atoms with van der Waals surface area (Å²) >= 11 is 0. The third-order valence-electron chi connectivity index (χ3n) is 2.66. The predicted octanol–water partition coefficient (Wildman–Crippen LogP) is 1.39. The number of nitrogens with one attached hydrogen (secondary N) is 1. The van der Waals surface area contributed by atoms with Crippen LogP contribution in [0.15, 0.2) is 18.3 Å². The van der Waals surface area contributed by atoms with Crippen LogP contribution in [0.1, 0.15) is 18.4 Å². The monoisotopic (exact) mass is 216 g/mol. The molecule has 0 saturated heterocycles. The van der Waals surface area contributed by atoms with Crippen molar-refractivity contribution < 1.29 is 4.79 Å². The number of fused-ring (bicyclic) bond motifs is 1. The molecule has 0 aliphatic heterocycles. The van der Waals surface area contributed by atoms with Gasteiger partial charge < -0.3 is 0 Å². The van der Waals surface area contributed by atoms with Crippen LogP contribution >= 0.6 is 0 Å². The van der Waals surface area contributed by atoms with E-state index in [0.717, 1.165) is 24.1 Å². The molecule has 0 aromatic carbocycles. The lowest BCUT2D eigenvalue weighted by Crippen LogP contribution is -2.14. The van der Waals surface area contributed by atoms with Gasteiger partial charge in [0.2, 0.25) is 11.9 Å². The van der Waals surface area contributed by atoms with Crippen molar-refractivity contribution in [2.24, 2.45) is 5.92 Å². The smallest absolute Gasteiger partial charge is 0.249 e. The van der Waals surface area contributed by atoms with Crippen molar-refractivity contribution in [3.63, 3.8) is 0 Å². The maximum absolute atomic E-state index is 11.5. The molecule has 1 aliphatic carbocycles. The Labute approximate surface area is 92.5 Å². The average molecular weight is 216 g/mol. The fraction of sp³-hybridized carbons (Fsp3) is 0.364. The Bertz CT molecular complexity index is 556. The van der Waals surface area contributed by atoms with Gasteiger partial charge in [-0.2, -0.15) is 4.98 Å². The third-order valence-corrected chi connectivity index (χ3v) is 2.66. The van der Waals surface area contributed by atoms with E-state index in [0.29, 0.717) is 5.95 Å². The van der Waals surface area contributed by atoms with Crippen molar-refractivity contribution >= 4 is 17.5 Å². The predicted molar refractivity (Wildman–Crippen MR) is 59.1 cm³/mol. The van der Waals surface area contributed by atoms with E-state index < -0.39 is 0 Å². The van der Waals surface area contributed by atoms with Crippen molar-refractivity contribution in [2.45, 2.75) is 19.8 Å². The van der Waals surface area contributed by atoms with E-state index >= 15 is 0 Å². The van der Waals surface area contributed by atoms with Gasteiger partial charge in [-0.3, -0.25) is 10.1 Å². The molecule has 2 heterocycles. The van der Waals surface area contributed by atoms with E-state index in [1.54, 1.807) is 4.52 Å². The van der Waals surface area contributed by atoms with Crippen LogP contribution in [-0.4, -0.2) is 20.5 Å². The first-order chi connectivity index (χ1) is 7.72. The summed E-state index contributed by atoms with van der Waals surface area (Å²) in [5, 5.41) is 6.93. The molecular weight excluding hydrogens is 204 g/mol. The largest absolute Gasteiger partial charge is 0.293 e. The molecule has 0 radical (unpaired) electrons. The third kappa shape index (κ3) is 1.64. The summed E-state index contributed by atoms with van der Waals surface area (Å²) in [6.07, 6.45) is 3.85. The number of hydrogen-bond donors (Lipinski definition) is 1. The number of aromatic nitrogens is 3. The van der Waals surface area contributed by atoms with Crippen LogP contribution in [0.4, 0.5) is 5.95 Å². The SMILES string of the molecule is Cc1ccc2nc(NC(=O)C3CC3)nn2c1. The fourth-order valence-electron chi connectivity index (χ4n) is 1.60. The van der Waals surface area contributed by atoms with Gasteiger partial charge in [0.25, 0.3) is 0 Å². The summed E-state index contributed by atoms with van der Waals surface area (Å²) in [7, 11) is 0. The van der Waals surface area contributed by atoms with Gasteiger partial charge in [-0.1, -0.05) is 6.07 Å². The van der Waals surface area contributed by atoms with E-state index in [1.807, 2.05) is 25.3 Å². The molecule has 0 atom stereocenters. The van der Waals surface area contributed by atoms with Crippen LogP contribution in [0.25, 0.3) is 5.65 Å². The van der Waals surface area contributed by atoms with E-state index in [9.17, 15) is 4.79 Å². The number of rotatable bonds is 2. The lowest BCUT2D eigenvalue weighted by Gasteiger charge is -1.95. The normalized spacial score (nSPS) is 15.3. The van der Waals surface area contributed by atoms with E-state index in [-0.39, 0.29) is 11.8 Å². The van der Waals surface area contributed by atoms with Crippen LogP contribution in [-0.2, 0) is 4.79 Å². The van der Waals surface area contributed by atoms with Gasteiger partial charge >= 0.3 is 0 Å². The summed E-state index contributed by atoms with van der Waals surface area (Å²) in [6, 6.07) is 3.85. The highest BCUT2D eigenvalue weighted by atomic mass is 16.2. The maximum Gasteiger partial charge on any atom is 0.249 e. The molecule has 1 N–H and O–H groups in total. The Balaban J connectivity index is 1.89. The molecule has 0 bridgehead atoms. The summed E-state index contributed by atoms with van der Waals surface area (Å²) in [4.78, 5) is 15.7. The number of carbonyl (C=O) groups excluding carboxylic acids is 1. The van der Waals surface area contributed by atoms with E-state index in [4.69, 9.17) is 0 Å². The molecule has 2 aromatic rings. The minimum atomic E-state index is 0.0348. The molecule has 5 nitrogen and oxygen atoms in total. The number of aryl methyl sites for hydroxylation is 1. The molecule has 16 heavy (non-hydrogen) atoms. The summed E-state index contributed by atoms with van der Waals surface area (Å²) in [5.41, 5.74) is 1.86. The number of pyridine rings is 1. The topological polar surface area (TPSA) is 59.3 Å². The fourth-order valence-corrected chi connectivity index (χ4v) is 1.60. The Morgan fingerprint density at radius 3 is 3.06 bits per heavy atom. The minimum absolute atomic E-state index is 0.0348. The van der Waals surface area contributed by atoms with Gasteiger partial charge in [-0.15, -0.1) is 5.10 Å². The lowest BCUT2D eigenvalue weighted by molar-refractivity contribution is -0.117. The molecule has 1 fully saturated rings. The summed E-state index contributed by atoms with van der Waals surface area (Å²) < 4.78 is 1.68. The highest BCUT2D eigenvalue weighted by Crippen LogP contribution is 2.29. The van der Waals surface area contributed by atoms with Gasteiger partial charge in [0, 0.05) is 12.1 Å². The van der Waals surface area contributed by atoms with Crippen molar-refractivity contribution in [2.75, 3.05) is 5.32 Å². The zero-order valence-corrected chi connectivity index (χ0v) is 8.97. The quantitative estimate of drug-likeness (QED) is 0.825. The Morgan fingerprint density at radius 2 is 2.31 bits per heavy atom. The van der Waals surface area contributed by atoms with Crippen molar-refractivity contribution in [3.05, 3.63) is 23.9 Å². The standard InChI is InChI=1S/C11H12N4O/c1-7-2-5-9-12-11(14-15(9)6-7)13-10(16)8-3-4-8/h2,5-6,8H,3-4H2,1H3,(H,13,14,16). The molecule has 82 valence electrons. The van der Waals surface area contributed by atoms with Crippen LogP contribution in [0, 0.1) is 12.8 Å². The van der Waals surface area contributed by atoms with Gasteiger partial charge in [0.15, 0.2) is 5.65 Å². The van der Waals surface area contributed by atoms with Gasteiger partial charge in [-0.25, -0.2) is 4.52 Å². The Hall–Kier alpha value is -1.91. The second-order valence-electron chi connectivity index (χ2n) is 4.21. The summed E-state index contributed by atoms with van der Waals surface area (Å²) in [6.45, 7) is 1.99. The molecule has 1 aliphatic rings. The first-order valence-corrected chi connectivity index (χ1v) is 5.36. The Morgan fingerprint density at radius 1 is 1.50 bits per heavy atom.